The number of piperidine rings is 1. The van der Waals surface area contributed by atoms with E-state index in [0.717, 1.165) is 60.6 Å². The van der Waals surface area contributed by atoms with Crippen LogP contribution in [0.2, 0.25) is 0 Å². The van der Waals surface area contributed by atoms with Gasteiger partial charge in [0.2, 0.25) is 0 Å². The van der Waals surface area contributed by atoms with Crippen LogP contribution in [0.3, 0.4) is 0 Å². The molecule has 3 heterocycles. The van der Waals surface area contributed by atoms with Crippen molar-refractivity contribution in [3.8, 4) is 5.75 Å². The monoisotopic (exact) mass is 557 g/mol. The first-order chi connectivity index (χ1) is 18.6. The van der Waals surface area contributed by atoms with E-state index >= 15 is 0 Å². The minimum atomic E-state index is -3.52. The van der Waals surface area contributed by atoms with Gasteiger partial charge < -0.3 is 14.8 Å². The molecule has 2 bridgehead atoms. The van der Waals surface area contributed by atoms with Crippen LogP contribution in [0.15, 0.2) is 53.6 Å². The highest BCUT2D eigenvalue weighted by atomic mass is 32.2. The summed E-state index contributed by atoms with van der Waals surface area (Å²) in [7, 11) is -3.52. The maximum Gasteiger partial charge on any atom is 0.175 e. The van der Waals surface area contributed by atoms with E-state index in [1.807, 2.05) is 26.0 Å². The van der Waals surface area contributed by atoms with Crippen molar-refractivity contribution in [2.75, 3.05) is 24.8 Å². The van der Waals surface area contributed by atoms with E-state index in [4.69, 9.17) is 9.47 Å². The predicted octanol–water partition coefficient (Wildman–Crippen LogP) is 5.19. The molecule has 3 aromatic rings. The highest BCUT2D eigenvalue weighted by Crippen LogP contribution is 2.36. The lowest BCUT2D eigenvalue weighted by molar-refractivity contribution is -0.104. The van der Waals surface area contributed by atoms with Crippen LogP contribution in [-0.2, 0) is 27.5 Å². The number of sulfone groups is 1. The fourth-order valence-corrected chi connectivity index (χ4v) is 6.04. The van der Waals surface area contributed by atoms with Gasteiger partial charge >= 0.3 is 0 Å². The summed E-state index contributed by atoms with van der Waals surface area (Å²) in [5, 5.41) is 3.01. The fourth-order valence-electron chi connectivity index (χ4n) is 5.41. The summed E-state index contributed by atoms with van der Waals surface area (Å²) >= 11 is 0. The average Bonchev–Trinajstić information content (AvgIpc) is 2.88. The molecule has 0 radical (unpaired) electrons. The molecular weight excluding hydrogens is 524 g/mol. The van der Waals surface area contributed by atoms with Crippen molar-refractivity contribution < 1.29 is 26.7 Å². The number of nitrogens with zero attached hydrogens (tertiary/aromatic N) is 2. The third-order valence-electron chi connectivity index (χ3n) is 7.53. The maximum absolute atomic E-state index is 14.7. The van der Waals surface area contributed by atoms with Crippen LogP contribution >= 0.6 is 0 Å². The molecule has 2 aliphatic rings. The summed E-state index contributed by atoms with van der Waals surface area (Å²) in [4.78, 5) is 6.86. The molecule has 7 nitrogen and oxygen atoms in total. The summed E-state index contributed by atoms with van der Waals surface area (Å²) in [6.07, 6.45) is 5.04. The van der Waals surface area contributed by atoms with E-state index in [1.54, 1.807) is 6.20 Å². The van der Waals surface area contributed by atoms with Crippen molar-refractivity contribution in [2.24, 2.45) is 0 Å². The zero-order valence-electron chi connectivity index (χ0n) is 22.3. The molecule has 39 heavy (non-hydrogen) atoms. The first-order valence-electron chi connectivity index (χ1n) is 13.1. The van der Waals surface area contributed by atoms with Gasteiger partial charge in [-0.25, -0.2) is 22.2 Å². The highest BCUT2D eigenvalue weighted by Gasteiger charge is 2.40. The summed E-state index contributed by atoms with van der Waals surface area (Å²) in [5.74, 6) is 0.267. The number of hydrogen-bond donors (Lipinski definition) is 1. The molecule has 0 aliphatic carbocycles. The van der Waals surface area contributed by atoms with E-state index in [0.29, 0.717) is 19.0 Å². The van der Waals surface area contributed by atoms with E-state index < -0.39 is 15.7 Å². The molecule has 5 rings (SSSR count). The molecule has 1 aromatic heterocycles. The molecule has 0 spiro atoms. The van der Waals surface area contributed by atoms with Gasteiger partial charge in [0, 0.05) is 55.0 Å². The second kappa shape index (κ2) is 11.2. The van der Waals surface area contributed by atoms with Crippen molar-refractivity contribution in [3.63, 3.8) is 0 Å². The standard InChI is InChI=1S/C29H33F2N3O4S/c1-4-20-14-32-29(33-27-10-9-25(13-26(27)31)39(3,35)36)18(2)28(20)38-24-11-22-16-37-17-23(12-24)34(22)15-19-5-7-21(30)8-6-19/h5-10,13-14,22-24H,4,11-12,15-17H2,1-3H3,(H,32,33). The van der Waals surface area contributed by atoms with E-state index in [-0.39, 0.29) is 34.6 Å². The number of benzene rings is 2. The molecule has 0 saturated carbocycles. The first-order valence-corrected chi connectivity index (χ1v) is 15.0. The van der Waals surface area contributed by atoms with E-state index in [1.165, 1.54) is 24.3 Å². The number of anilines is 2. The van der Waals surface area contributed by atoms with Crippen LogP contribution in [-0.4, -0.2) is 56.0 Å². The van der Waals surface area contributed by atoms with Gasteiger partial charge in [0.1, 0.15) is 29.3 Å². The van der Waals surface area contributed by atoms with Crippen LogP contribution in [0.1, 0.15) is 36.5 Å². The van der Waals surface area contributed by atoms with E-state index in [2.05, 4.69) is 15.2 Å². The van der Waals surface area contributed by atoms with Gasteiger partial charge in [0.25, 0.3) is 0 Å². The van der Waals surface area contributed by atoms with Crippen molar-refractivity contribution in [3.05, 3.63) is 77.0 Å². The predicted molar refractivity (Wildman–Crippen MR) is 145 cm³/mol. The minimum absolute atomic E-state index is 0.0293. The van der Waals surface area contributed by atoms with Crippen molar-refractivity contribution in [2.45, 2.75) is 62.7 Å². The Morgan fingerprint density at radius 1 is 1.10 bits per heavy atom. The Morgan fingerprint density at radius 3 is 2.41 bits per heavy atom. The van der Waals surface area contributed by atoms with Crippen LogP contribution < -0.4 is 10.1 Å². The van der Waals surface area contributed by atoms with Crippen molar-refractivity contribution in [1.29, 1.82) is 0 Å². The first kappa shape index (κ1) is 27.5. The molecule has 2 fully saturated rings. The third-order valence-corrected chi connectivity index (χ3v) is 8.64. The molecular formula is C29H33F2N3O4S. The SMILES string of the molecule is CCc1cnc(Nc2ccc(S(C)(=O)=O)cc2F)c(C)c1OC1CC2COCC(C1)N2Cc1ccc(F)cc1. The second-order valence-electron chi connectivity index (χ2n) is 10.3. The zero-order chi connectivity index (χ0) is 27.7. The largest absolute Gasteiger partial charge is 0.490 e. The molecule has 2 unspecified atom stereocenters. The van der Waals surface area contributed by atoms with Gasteiger partial charge in [0.15, 0.2) is 9.84 Å². The summed E-state index contributed by atoms with van der Waals surface area (Å²) in [6, 6.07) is 10.8. The van der Waals surface area contributed by atoms with Gasteiger partial charge in [0.05, 0.1) is 23.8 Å². The Balaban J connectivity index is 1.34. The van der Waals surface area contributed by atoms with Crippen LogP contribution in [0.25, 0.3) is 0 Å². The number of aryl methyl sites for hydroxylation is 1. The number of ether oxygens (including phenoxy) is 2. The van der Waals surface area contributed by atoms with E-state index in [9.17, 15) is 17.2 Å². The maximum atomic E-state index is 14.7. The topological polar surface area (TPSA) is 80.8 Å². The van der Waals surface area contributed by atoms with Crippen molar-refractivity contribution in [1.82, 2.24) is 9.88 Å². The normalized spacial score (nSPS) is 21.5. The molecule has 1 N–H and O–H groups in total. The Kier molecular flexibility index (Phi) is 7.89. The Morgan fingerprint density at radius 2 is 1.79 bits per heavy atom. The lowest BCUT2D eigenvalue weighted by atomic mass is 9.91. The molecule has 2 aliphatic heterocycles. The Bertz CT molecular complexity index is 1440. The van der Waals surface area contributed by atoms with Gasteiger partial charge in [-0.05, 0) is 49.2 Å². The van der Waals surface area contributed by atoms with Crippen LogP contribution in [0, 0.1) is 18.6 Å². The quantitative estimate of drug-likeness (QED) is 0.408. The summed E-state index contributed by atoms with van der Waals surface area (Å²) < 4.78 is 64.2. The number of fused-ring (bicyclic) bond motifs is 2. The number of pyridine rings is 1. The third kappa shape index (κ3) is 6.08. The number of hydrogen-bond acceptors (Lipinski definition) is 7. The van der Waals surface area contributed by atoms with Gasteiger partial charge in [-0.15, -0.1) is 0 Å². The average molecular weight is 558 g/mol. The van der Waals surface area contributed by atoms with Crippen LogP contribution in [0.4, 0.5) is 20.3 Å². The fraction of sp³-hybridized carbons (Fsp3) is 0.414. The minimum Gasteiger partial charge on any atom is -0.490 e. The molecule has 10 heteroatoms. The molecule has 2 aromatic carbocycles. The molecule has 208 valence electrons. The number of aromatic nitrogens is 1. The second-order valence-corrected chi connectivity index (χ2v) is 12.3. The zero-order valence-corrected chi connectivity index (χ0v) is 23.1. The van der Waals surface area contributed by atoms with Gasteiger partial charge in [-0.3, -0.25) is 4.90 Å². The van der Waals surface area contributed by atoms with Gasteiger partial charge in [-0.1, -0.05) is 19.1 Å². The number of rotatable bonds is 8. The molecule has 0 amide bonds. The van der Waals surface area contributed by atoms with Crippen LogP contribution in [0.5, 0.6) is 5.75 Å². The Labute approximate surface area is 228 Å². The highest BCUT2D eigenvalue weighted by molar-refractivity contribution is 7.90. The smallest absolute Gasteiger partial charge is 0.175 e. The molecule has 2 atom stereocenters. The summed E-state index contributed by atoms with van der Waals surface area (Å²) in [6.45, 7) is 5.89. The Hall–Kier alpha value is -3.08. The van der Waals surface area contributed by atoms with Crippen molar-refractivity contribution >= 4 is 21.3 Å². The molecule has 2 saturated heterocycles. The number of morpholine rings is 1. The van der Waals surface area contributed by atoms with Gasteiger partial charge in [-0.2, -0.15) is 0 Å². The number of nitrogens with one attached hydrogen (secondary N) is 1. The lowest BCUT2D eigenvalue weighted by Gasteiger charge is -2.48. The summed E-state index contributed by atoms with van der Waals surface area (Å²) in [5.41, 5.74) is 2.92. The number of halogens is 2. The lowest BCUT2D eigenvalue weighted by Crippen LogP contribution is -2.58.